The Balaban J connectivity index is 2.57. The van der Waals surface area contributed by atoms with E-state index in [1.165, 1.54) is 0 Å². The van der Waals surface area contributed by atoms with Crippen LogP contribution >= 0.6 is 0 Å². The van der Waals surface area contributed by atoms with E-state index in [0.29, 0.717) is 13.1 Å². The van der Waals surface area contributed by atoms with E-state index in [-0.39, 0.29) is 5.41 Å². The van der Waals surface area contributed by atoms with Gasteiger partial charge < -0.3 is 20.4 Å². The lowest BCUT2D eigenvalue weighted by molar-refractivity contribution is -0.140. The summed E-state index contributed by atoms with van der Waals surface area (Å²) in [5.74, 6) is -1.22. The molecule has 1 aliphatic rings. The molecule has 0 spiro atoms. The highest BCUT2D eigenvalue weighted by Crippen LogP contribution is 2.36. The van der Waals surface area contributed by atoms with Crippen LogP contribution in [-0.2, 0) is 4.79 Å². The molecule has 1 unspecified atom stereocenters. The molecule has 1 aliphatic heterocycles. The number of likely N-dealkylation sites (tertiary alicyclic amines) is 1. The minimum atomic E-state index is -1.23. The second-order valence-electron chi connectivity index (χ2n) is 4.90. The van der Waals surface area contributed by atoms with Gasteiger partial charge in [-0.2, -0.15) is 0 Å². The molecule has 0 aromatic carbocycles. The number of hydrogen-bond donors (Lipinski definition) is 3. The van der Waals surface area contributed by atoms with Crippen molar-refractivity contribution < 1.29 is 19.8 Å². The molecule has 3 N–H and O–H groups in total. The van der Waals surface area contributed by atoms with Crippen LogP contribution in [-0.4, -0.2) is 52.9 Å². The molecule has 1 heterocycles. The van der Waals surface area contributed by atoms with Gasteiger partial charge in [0.05, 0.1) is 6.61 Å². The van der Waals surface area contributed by atoms with Gasteiger partial charge in [-0.05, 0) is 24.7 Å². The number of carbonyl (C=O) groups excluding carboxylic acids is 1. The minimum Gasteiger partial charge on any atom is -0.480 e. The second-order valence-corrected chi connectivity index (χ2v) is 4.90. The van der Waals surface area contributed by atoms with Gasteiger partial charge in [-0.1, -0.05) is 13.8 Å². The Labute approximate surface area is 107 Å². The SMILES string of the molecule is CCC1(CC)CCN(C(=O)NC(CO)C(=O)O)C1. The van der Waals surface area contributed by atoms with Crippen LogP contribution < -0.4 is 5.32 Å². The highest BCUT2D eigenvalue weighted by Gasteiger charge is 2.37. The molecule has 6 heteroatoms. The van der Waals surface area contributed by atoms with E-state index in [9.17, 15) is 9.59 Å². The van der Waals surface area contributed by atoms with Crippen molar-refractivity contribution in [3.63, 3.8) is 0 Å². The first-order chi connectivity index (χ1) is 8.48. The number of aliphatic carboxylic acids is 1. The zero-order valence-corrected chi connectivity index (χ0v) is 11.0. The van der Waals surface area contributed by atoms with Crippen molar-refractivity contribution in [1.29, 1.82) is 0 Å². The highest BCUT2D eigenvalue weighted by molar-refractivity contribution is 5.82. The maximum absolute atomic E-state index is 11.9. The van der Waals surface area contributed by atoms with Gasteiger partial charge in [-0.15, -0.1) is 0 Å². The number of carbonyl (C=O) groups is 2. The molecule has 1 atom stereocenters. The smallest absolute Gasteiger partial charge is 0.328 e. The molecule has 18 heavy (non-hydrogen) atoms. The third kappa shape index (κ3) is 3.13. The van der Waals surface area contributed by atoms with Crippen LogP contribution in [0.4, 0.5) is 4.79 Å². The number of urea groups is 1. The molecule has 104 valence electrons. The van der Waals surface area contributed by atoms with Crippen LogP contribution in [0, 0.1) is 5.41 Å². The van der Waals surface area contributed by atoms with Crippen molar-refractivity contribution in [3.8, 4) is 0 Å². The fourth-order valence-electron chi connectivity index (χ4n) is 2.36. The number of rotatable bonds is 5. The average molecular weight is 258 g/mol. The summed E-state index contributed by atoms with van der Waals surface area (Å²) in [5.41, 5.74) is 0.162. The summed E-state index contributed by atoms with van der Waals surface area (Å²) in [5, 5.41) is 20.0. The Bertz CT molecular complexity index is 315. The number of aliphatic hydroxyl groups excluding tert-OH is 1. The van der Waals surface area contributed by atoms with Crippen molar-refractivity contribution in [3.05, 3.63) is 0 Å². The fourth-order valence-corrected chi connectivity index (χ4v) is 2.36. The van der Waals surface area contributed by atoms with Crippen LogP contribution in [0.2, 0.25) is 0 Å². The first-order valence-electron chi connectivity index (χ1n) is 6.37. The van der Waals surface area contributed by atoms with Gasteiger partial charge in [0.15, 0.2) is 6.04 Å². The summed E-state index contributed by atoms with van der Waals surface area (Å²) in [4.78, 5) is 24.2. The molecule has 1 fully saturated rings. The predicted octanol–water partition coefficient (Wildman–Crippen LogP) is 0.654. The fraction of sp³-hybridized carbons (Fsp3) is 0.833. The number of nitrogens with zero attached hydrogens (tertiary/aromatic N) is 1. The van der Waals surface area contributed by atoms with Crippen molar-refractivity contribution in [1.82, 2.24) is 10.2 Å². The third-order valence-electron chi connectivity index (χ3n) is 4.00. The van der Waals surface area contributed by atoms with Crippen LogP contribution in [0.15, 0.2) is 0 Å². The lowest BCUT2D eigenvalue weighted by atomic mass is 9.82. The third-order valence-corrected chi connectivity index (χ3v) is 4.00. The van der Waals surface area contributed by atoms with Gasteiger partial charge in [-0.3, -0.25) is 0 Å². The minimum absolute atomic E-state index is 0.162. The number of aliphatic hydroxyl groups is 1. The van der Waals surface area contributed by atoms with Crippen LogP contribution in [0.25, 0.3) is 0 Å². The quantitative estimate of drug-likeness (QED) is 0.675. The van der Waals surface area contributed by atoms with Gasteiger partial charge in [-0.25, -0.2) is 9.59 Å². The lowest BCUT2D eigenvalue weighted by Crippen LogP contribution is -2.49. The maximum atomic E-state index is 11.9. The van der Waals surface area contributed by atoms with Crippen molar-refractivity contribution in [2.45, 2.75) is 39.2 Å². The van der Waals surface area contributed by atoms with E-state index in [1.807, 2.05) is 0 Å². The Morgan fingerprint density at radius 1 is 1.39 bits per heavy atom. The summed E-state index contributed by atoms with van der Waals surface area (Å²) in [6.07, 6.45) is 2.97. The van der Waals surface area contributed by atoms with E-state index in [2.05, 4.69) is 19.2 Å². The average Bonchev–Trinajstić information content (AvgIpc) is 2.80. The molecule has 2 amide bonds. The second kappa shape index (κ2) is 6.04. The monoisotopic (exact) mass is 258 g/mol. The molecule has 1 rings (SSSR count). The first kappa shape index (κ1) is 14.8. The summed E-state index contributed by atoms with van der Waals surface area (Å²) in [6.45, 7) is 4.92. The van der Waals surface area contributed by atoms with Gasteiger partial charge >= 0.3 is 12.0 Å². The molecule has 0 aliphatic carbocycles. The molecule has 0 aromatic rings. The molecule has 0 saturated carbocycles. The van der Waals surface area contributed by atoms with E-state index in [1.54, 1.807) is 4.90 Å². The first-order valence-corrected chi connectivity index (χ1v) is 6.37. The van der Waals surface area contributed by atoms with Gasteiger partial charge in [0.2, 0.25) is 0 Å². The summed E-state index contributed by atoms with van der Waals surface area (Å²) in [7, 11) is 0. The number of nitrogens with one attached hydrogen (secondary N) is 1. The van der Waals surface area contributed by atoms with Gasteiger partial charge in [0.1, 0.15) is 0 Å². The number of hydrogen-bond acceptors (Lipinski definition) is 3. The van der Waals surface area contributed by atoms with Crippen molar-refractivity contribution in [2.75, 3.05) is 19.7 Å². The Morgan fingerprint density at radius 3 is 2.39 bits per heavy atom. The van der Waals surface area contributed by atoms with E-state index in [4.69, 9.17) is 10.2 Å². The topological polar surface area (TPSA) is 89.9 Å². The van der Waals surface area contributed by atoms with Crippen molar-refractivity contribution >= 4 is 12.0 Å². The number of carboxylic acids is 1. The maximum Gasteiger partial charge on any atom is 0.328 e. The zero-order valence-electron chi connectivity index (χ0n) is 11.0. The molecule has 0 radical (unpaired) electrons. The Kier molecular flexibility index (Phi) is 4.95. The largest absolute Gasteiger partial charge is 0.480 e. The van der Waals surface area contributed by atoms with Gasteiger partial charge in [0.25, 0.3) is 0 Å². The molecule has 0 bridgehead atoms. The lowest BCUT2D eigenvalue weighted by Gasteiger charge is -2.26. The normalized spacial score (nSPS) is 19.6. The molecular formula is C12H22N2O4. The van der Waals surface area contributed by atoms with E-state index >= 15 is 0 Å². The predicted molar refractivity (Wildman–Crippen MR) is 66.2 cm³/mol. The van der Waals surface area contributed by atoms with Gasteiger partial charge in [0, 0.05) is 13.1 Å². The van der Waals surface area contributed by atoms with E-state index in [0.717, 1.165) is 19.3 Å². The molecule has 1 saturated heterocycles. The Hall–Kier alpha value is -1.30. The van der Waals surface area contributed by atoms with Crippen LogP contribution in [0.1, 0.15) is 33.1 Å². The Morgan fingerprint density at radius 2 is 2.00 bits per heavy atom. The van der Waals surface area contributed by atoms with Crippen LogP contribution in [0.5, 0.6) is 0 Å². The summed E-state index contributed by atoms with van der Waals surface area (Å²) >= 11 is 0. The number of amides is 2. The van der Waals surface area contributed by atoms with Crippen LogP contribution in [0.3, 0.4) is 0 Å². The van der Waals surface area contributed by atoms with E-state index < -0.39 is 24.6 Å². The molecular weight excluding hydrogens is 236 g/mol. The standard InChI is InChI=1S/C12H22N2O4/c1-3-12(4-2)5-6-14(8-12)11(18)13-9(7-15)10(16)17/h9,15H,3-8H2,1-2H3,(H,13,18)(H,16,17). The van der Waals surface area contributed by atoms with Crippen molar-refractivity contribution in [2.24, 2.45) is 5.41 Å². The summed E-state index contributed by atoms with van der Waals surface area (Å²) < 4.78 is 0. The molecule has 0 aromatic heterocycles. The zero-order chi connectivity index (χ0) is 13.8. The number of carboxylic acid groups (broad SMARTS) is 1. The molecule has 6 nitrogen and oxygen atoms in total. The highest BCUT2D eigenvalue weighted by atomic mass is 16.4. The summed E-state index contributed by atoms with van der Waals surface area (Å²) in [6, 6.07) is -1.63.